The summed E-state index contributed by atoms with van der Waals surface area (Å²) in [5.41, 5.74) is 6.49. The Kier molecular flexibility index (Phi) is 31.1. The Morgan fingerprint density at radius 2 is 1.45 bits per heavy atom. The number of allylic oxidation sites excluding steroid dienone is 6. The Balaban J connectivity index is 2.43. The average molecular weight is 1080 g/mol. The molecule has 0 aliphatic carbocycles. The summed E-state index contributed by atoms with van der Waals surface area (Å²) < 4.78 is 17.5. The predicted octanol–water partition coefficient (Wildman–Crippen LogP) is 3.37. The van der Waals surface area contributed by atoms with Crippen molar-refractivity contribution in [2.75, 3.05) is 13.6 Å². The number of nitrogens with zero attached hydrogens (tertiary/aromatic N) is 1. The summed E-state index contributed by atoms with van der Waals surface area (Å²) >= 11 is 0. The van der Waals surface area contributed by atoms with Crippen LogP contribution in [0.3, 0.4) is 0 Å². The van der Waals surface area contributed by atoms with Crippen molar-refractivity contribution < 1.29 is 84.8 Å². The molecule has 20 nitrogen and oxygen atoms in total. The number of carbonyl (C=O) groups excluding carboxylic acids is 2. The van der Waals surface area contributed by atoms with Crippen LogP contribution in [0.1, 0.15) is 145 Å². The Hall–Kier alpha value is -4.06. The lowest BCUT2D eigenvalue weighted by Crippen LogP contribution is -2.60. The number of hydrogen-bond acceptors (Lipinski definition) is 17. The van der Waals surface area contributed by atoms with Gasteiger partial charge in [0.1, 0.15) is 24.7 Å². The number of nitrogens with two attached hydrogens (primary N) is 1. The number of unbranched alkanes of at least 4 members (excludes halogenated alkanes) is 2. The number of carboxylic acids is 1. The van der Waals surface area contributed by atoms with Crippen LogP contribution in [0.2, 0.25) is 0 Å². The molecular weight excluding hydrogens is 987 g/mol. The molecule has 2 heterocycles. The van der Waals surface area contributed by atoms with E-state index in [0.717, 1.165) is 32.1 Å². The van der Waals surface area contributed by atoms with E-state index in [1.54, 1.807) is 72.0 Å². The third kappa shape index (κ3) is 25.2. The molecule has 76 heavy (non-hydrogen) atoms. The van der Waals surface area contributed by atoms with Crippen LogP contribution in [0, 0.1) is 29.6 Å². The van der Waals surface area contributed by atoms with Gasteiger partial charge in [0, 0.05) is 75.4 Å². The Morgan fingerprint density at radius 1 is 0.816 bits per heavy atom. The Labute approximate surface area is 450 Å². The number of carboxylic acid groups (broad SMARTS) is 1. The molecule has 18 atom stereocenters. The van der Waals surface area contributed by atoms with Crippen molar-refractivity contribution in [2.24, 2.45) is 40.3 Å². The van der Waals surface area contributed by atoms with Crippen molar-refractivity contribution in [1.82, 2.24) is 5.32 Å². The van der Waals surface area contributed by atoms with Crippen LogP contribution < -0.4 is 11.1 Å². The number of aliphatic carboxylic acids is 1. The number of nitrogens with one attached hydrogen (secondary N) is 1. The fourth-order valence-corrected chi connectivity index (χ4v) is 9.44. The summed E-state index contributed by atoms with van der Waals surface area (Å²) in [6, 6.07) is 0. The maximum absolute atomic E-state index is 13.6. The molecule has 1 saturated heterocycles. The summed E-state index contributed by atoms with van der Waals surface area (Å²) in [6.07, 6.45) is 1.04. The molecule has 0 radical (unpaired) electrons. The molecule has 0 unspecified atom stereocenters. The van der Waals surface area contributed by atoms with E-state index in [0.29, 0.717) is 23.7 Å². The molecule has 0 aromatic carbocycles. The molecule has 0 saturated carbocycles. The number of rotatable bonds is 12. The molecule has 20 heteroatoms. The first-order valence-electron chi connectivity index (χ1n) is 27.1. The van der Waals surface area contributed by atoms with Gasteiger partial charge < -0.3 is 81.4 Å². The van der Waals surface area contributed by atoms with Crippen LogP contribution in [0.5, 0.6) is 0 Å². The van der Waals surface area contributed by atoms with Gasteiger partial charge in [0.15, 0.2) is 11.7 Å². The quantitative estimate of drug-likeness (QED) is 0.0333. The molecular formula is C56H95N3O17. The molecule has 436 valence electrons. The normalized spacial score (nSPS) is 35.8. The summed E-state index contributed by atoms with van der Waals surface area (Å²) in [4.78, 5) is 41.4. The molecule has 1 fully saturated rings. The van der Waals surface area contributed by atoms with Gasteiger partial charge in [-0.15, -0.1) is 0 Å². The van der Waals surface area contributed by atoms with Crippen LogP contribution in [-0.4, -0.2) is 173 Å². The largest absolute Gasteiger partial charge is 0.481 e. The minimum Gasteiger partial charge on any atom is -0.481 e. The Morgan fingerprint density at radius 3 is 2.11 bits per heavy atom. The van der Waals surface area contributed by atoms with E-state index < -0.39 is 128 Å². The number of fused-ring (bicyclic) bond motifs is 2. The van der Waals surface area contributed by atoms with Gasteiger partial charge in [-0.2, -0.15) is 0 Å². The monoisotopic (exact) mass is 1080 g/mol. The van der Waals surface area contributed by atoms with Gasteiger partial charge in [-0.3, -0.25) is 14.6 Å². The van der Waals surface area contributed by atoms with Gasteiger partial charge in [-0.1, -0.05) is 83.2 Å². The summed E-state index contributed by atoms with van der Waals surface area (Å²) in [5, 5.41) is 123. The second-order valence-corrected chi connectivity index (χ2v) is 21.6. The van der Waals surface area contributed by atoms with Gasteiger partial charge in [-0.05, 0) is 82.6 Å². The van der Waals surface area contributed by atoms with Crippen LogP contribution in [-0.2, 0) is 28.6 Å². The number of aliphatic imine (C=N–C) groups is 1. The highest BCUT2D eigenvalue weighted by atomic mass is 16.7. The zero-order valence-corrected chi connectivity index (χ0v) is 46.1. The first-order chi connectivity index (χ1) is 35.7. The molecule has 2 aliphatic rings. The maximum Gasteiger partial charge on any atom is 0.334 e. The van der Waals surface area contributed by atoms with Crippen LogP contribution in [0.15, 0.2) is 64.7 Å². The van der Waals surface area contributed by atoms with E-state index >= 15 is 0 Å². The predicted molar refractivity (Wildman–Crippen MR) is 287 cm³/mol. The highest BCUT2D eigenvalue weighted by Crippen LogP contribution is 2.36. The lowest BCUT2D eigenvalue weighted by Gasteiger charge is -2.45. The van der Waals surface area contributed by atoms with Crippen LogP contribution >= 0.6 is 0 Å². The second-order valence-electron chi connectivity index (χ2n) is 21.6. The highest BCUT2D eigenvalue weighted by molar-refractivity contribution is 5.90. The van der Waals surface area contributed by atoms with Crippen LogP contribution in [0.4, 0.5) is 0 Å². The number of hydrogen-bond donors (Lipinski definition) is 13. The summed E-state index contributed by atoms with van der Waals surface area (Å²) in [5.74, 6) is -7.41. The smallest absolute Gasteiger partial charge is 0.334 e. The lowest BCUT2D eigenvalue weighted by atomic mass is 9.84. The molecule has 14 N–H and O–H groups in total. The van der Waals surface area contributed by atoms with Gasteiger partial charge in [0.05, 0.1) is 54.9 Å². The lowest BCUT2D eigenvalue weighted by molar-refractivity contribution is -0.333. The van der Waals surface area contributed by atoms with E-state index in [4.69, 9.17) is 19.9 Å². The Bertz CT molecular complexity index is 1930. The number of cyclic esters (lactones) is 1. The topological polar surface area (TPSA) is 352 Å². The number of aliphatic hydroxyl groups is 10. The third-order valence-electron chi connectivity index (χ3n) is 14.8. The highest BCUT2D eigenvalue weighted by Gasteiger charge is 2.50. The van der Waals surface area contributed by atoms with Crippen molar-refractivity contribution in [3.63, 3.8) is 0 Å². The molecule has 0 aromatic rings. The maximum atomic E-state index is 13.6. The van der Waals surface area contributed by atoms with Crippen molar-refractivity contribution in [3.05, 3.63) is 59.8 Å². The fraction of sp³-hybridized carbons (Fsp3) is 0.750. The number of ether oxygens (including phenoxy) is 3. The number of guanidine groups is 1. The van der Waals surface area contributed by atoms with Crippen molar-refractivity contribution in [3.8, 4) is 0 Å². The van der Waals surface area contributed by atoms with E-state index in [9.17, 15) is 70.6 Å². The fourth-order valence-electron chi connectivity index (χ4n) is 9.44. The molecule has 0 amide bonds. The van der Waals surface area contributed by atoms with Gasteiger partial charge >= 0.3 is 17.9 Å². The van der Waals surface area contributed by atoms with Gasteiger partial charge in [-0.25, -0.2) is 4.79 Å². The number of carbonyl (C=O) groups is 3. The third-order valence-corrected chi connectivity index (χ3v) is 14.8. The van der Waals surface area contributed by atoms with Gasteiger partial charge in [0.2, 0.25) is 0 Å². The minimum atomic E-state index is -2.52. The van der Waals surface area contributed by atoms with Crippen molar-refractivity contribution >= 4 is 23.9 Å². The average Bonchev–Trinajstić information content (AvgIpc) is 3.34. The molecule has 2 rings (SSSR count). The van der Waals surface area contributed by atoms with E-state index in [2.05, 4.69) is 22.5 Å². The second kappa shape index (κ2) is 34.7. The number of esters is 2. The molecule has 0 aromatic heterocycles. The number of aliphatic hydroxyl groups excluding tert-OH is 9. The zero-order chi connectivity index (χ0) is 57.3. The molecule has 2 bridgehead atoms. The minimum absolute atomic E-state index is 0.0643. The first kappa shape index (κ1) is 68.0. The van der Waals surface area contributed by atoms with Crippen LogP contribution in [0.25, 0.3) is 0 Å². The summed E-state index contributed by atoms with van der Waals surface area (Å²) in [7, 11) is 1.62. The van der Waals surface area contributed by atoms with E-state index in [-0.39, 0.29) is 63.2 Å². The SMILES string of the molecule is CN=C(N)NCCC/C=C/CCC[C@H](C)[C@@H]1OC(=O)C(C)=CC=C[C@H](C)[C@@H](O)C[C@H](O)[C@@H](C)[C@H](O)CC[C@H](C)[C@@H](O)C[C@@]2(O)O[C@@H](C[C@@H](OC(=O)CC(=O)O)C[C@H](O)C[C@@H](O)C[C@H](O)C(C)=CC=C[C@H]1C)C[C@@H](O)[C@@H]2O. The van der Waals surface area contributed by atoms with Crippen molar-refractivity contribution in [2.45, 2.75) is 224 Å². The molecule has 2 aliphatic heterocycles. The van der Waals surface area contributed by atoms with Gasteiger partial charge in [0.25, 0.3) is 0 Å². The van der Waals surface area contributed by atoms with Crippen molar-refractivity contribution in [1.29, 1.82) is 0 Å². The van der Waals surface area contributed by atoms with E-state index in [1.165, 1.54) is 0 Å². The van der Waals surface area contributed by atoms with E-state index in [1.807, 2.05) is 19.9 Å². The molecule has 0 spiro atoms. The first-order valence-corrected chi connectivity index (χ1v) is 27.1. The summed E-state index contributed by atoms with van der Waals surface area (Å²) in [6.45, 7) is 13.0. The zero-order valence-electron chi connectivity index (χ0n) is 46.1. The standard InChI is InChI=1S/C56H95N3O17/c1-33-18-15-20-37(5)52(36(4)17-13-11-9-10-12-14-24-59-55(57)58-8)75-54(72)38(6)21-16-19-34(2)46(64)30-47(65)39(7)44(62)23-22-35(3)49(67)32-56(73)53(71)48(66)29-43(76-56)28-42(74-51(70)31-50(68)69)26-40(60)25-41(61)27-45(33)63/h9-10,15-16,18-21,34-37,39-49,52-53,60-67,71,73H,11-14,17,22-32H2,1-8H3,(H,68,69)(H3,57,58,59)/b10-9+,19-16?,20-15?,33-18?,38-21?/t34-,35-,36-,37+,39-,40+,41+,42-,43-,44+,45-,46-,47-,48+,49-,52-,53-,56+/m0/s1.